The lowest BCUT2D eigenvalue weighted by molar-refractivity contribution is -0.132. The van der Waals surface area contributed by atoms with E-state index in [2.05, 4.69) is 25.3 Å². The average Bonchev–Trinajstić information content (AvgIpc) is 3.42. The van der Waals surface area contributed by atoms with Crippen molar-refractivity contribution >= 4 is 29.0 Å². The fraction of sp³-hybridized carbons (Fsp3) is 0.481. The summed E-state index contributed by atoms with van der Waals surface area (Å²) in [6.45, 7) is 7.87. The molecular weight excluding hydrogens is 489 g/mol. The Kier molecular flexibility index (Phi) is 8.02. The largest absolute Gasteiger partial charge is 0.390 e. The van der Waals surface area contributed by atoms with Gasteiger partial charge in [-0.3, -0.25) is 14.5 Å². The number of piperazine rings is 2. The van der Waals surface area contributed by atoms with Crippen LogP contribution in [0.15, 0.2) is 47.8 Å². The Morgan fingerprint density at radius 1 is 1.03 bits per heavy atom. The van der Waals surface area contributed by atoms with Crippen LogP contribution >= 0.6 is 0 Å². The van der Waals surface area contributed by atoms with Gasteiger partial charge in [0.2, 0.25) is 11.8 Å². The number of anilines is 2. The summed E-state index contributed by atoms with van der Waals surface area (Å²) >= 11 is 0. The predicted octanol–water partition coefficient (Wildman–Crippen LogP) is 1.32. The Hall–Kier alpha value is -3.73. The Labute approximate surface area is 222 Å². The van der Waals surface area contributed by atoms with E-state index in [4.69, 9.17) is 4.84 Å². The molecule has 2 saturated heterocycles. The van der Waals surface area contributed by atoms with Gasteiger partial charge < -0.3 is 24.9 Å². The maximum Gasteiger partial charge on any atom is 0.236 e. The molecule has 0 spiro atoms. The summed E-state index contributed by atoms with van der Waals surface area (Å²) < 4.78 is 15.1. The van der Waals surface area contributed by atoms with Crippen LogP contribution in [0.1, 0.15) is 18.9 Å². The molecule has 11 heteroatoms. The summed E-state index contributed by atoms with van der Waals surface area (Å²) in [5.74, 6) is 0.658. The van der Waals surface area contributed by atoms with Crippen molar-refractivity contribution < 1.29 is 18.8 Å². The molecule has 3 aliphatic heterocycles. The molecule has 0 saturated carbocycles. The molecule has 5 rings (SSSR count). The molecule has 2 amide bonds. The van der Waals surface area contributed by atoms with Gasteiger partial charge in [-0.15, -0.1) is 0 Å². The van der Waals surface area contributed by atoms with Crippen LogP contribution in [-0.2, 0) is 14.4 Å². The summed E-state index contributed by atoms with van der Waals surface area (Å²) in [7, 11) is 0. The SMILES string of the molecule is CC(=O)NCC1CC(c2ccc(N3CCN(C(=O)CN4CCN(c5ccccn5)CC4)CC3)c(F)c2)=NO1. The number of halogens is 1. The monoisotopic (exact) mass is 523 g/mol. The number of carbonyl (C=O) groups is 2. The fourth-order valence-corrected chi connectivity index (χ4v) is 5.07. The molecule has 4 heterocycles. The fourth-order valence-electron chi connectivity index (χ4n) is 5.07. The number of aromatic nitrogens is 1. The number of amides is 2. The first-order valence-corrected chi connectivity index (χ1v) is 13.1. The first-order valence-electron chi connectivity index (χ1n) is 13.1. The zero-order valence-electron chi connectivity index (χ0n) is 21.7. The molecule has 1 aromatic carbocycles. The number of nitrogens with one attached hydrogen (secondary N) is 1. The number of oxime groups is 1. The molecule has 0 radical (unpaired) electrons. The van der Waals surface area contributed by atoms with E-state index in [1.54, 1.807) is 12.3 Å². The summed E-state index contributed by atoms with van der Waals surface area (Å²) in [5.41, 5.74) is 1.87. The van der Waals surface area contributed by atoms with Crippen LogP contribution in [0.25, 0.3) is 0 Å². The predicted molar refractivity (Wildman–Crippen MR) is 143 cm³/mol. The molecule has 1 atom stereocenters. The van der Waals surface area contributed by atoms with Crippen molar-refractivity contribution in [3.63, 3.8) is 0 Å². The minimum Gasteiger partial charge on any atom is -0.390 e. The number of rotatable bonds is 7. The van der Waals surface area contributed by atoms with Crippen LogP contribution in [0.2, 0.25) is 0 Å². The molecule has 38 heavy (non-hydrogen) atoms. The zero-order valence-corrected chi connectivity index (χ0v) is 21.7. The molecule has 1 unspecified atom stereocenters. The number of carbonyl (C=O) groups excluding carboxylic acids is 2. The Bertz CT molecular complexity index is 1160. The number of hydrogen-bond donors (Lipinski definition) is 1. The van der Waals surface area contributed by atoms with Gasteiger partial charge in [-0.05, 0) is 24.3 Å². The van der Waals surface area contributed by atoms with Gasteiger partial charge in [0.1, 0.15) is 17.7 Å². The molecular formula is C27H34FN7O3. The number of pyridine rings is 1. The second kappa shape index (κ2) is 11.8. The smallest absolute Gasteiger partial charge is 0.236 e. The van der Waals surface area contributed by atoms with Crippen molar-refractivity contribution in [2.75, 3.05) is 75.2 Å². The van der Waals surface area contributed by atoms with Crippen LogP contribution in [0, 0.1) is 5.82 Å². The van der Waals surface area contributed by atoms with Gasteiger partial charge in [0.15, 0.2) is 0 Å². The molecule has 2 fully saturated rings. The van der Waals surface area contributed by atoms with Crippen molar-refractivity contribution in [3.05, 3.63) is 54.0 Å². The normalized spacial score (nSPS) is 20.2. The second-order valence-electron chi connectivity index (χ2n) is 9.89. The topological polar surface area (TPSA) is 93.6 Å². The van der Waals surface area contributed by atoms with Crippen LogP contribution in [0.3, 0.4) is 0 Å². The molecule has 0 bridgehead atoms. The molecule has 1 aromatic heterocycles. The third-order valence-electron chi connectivity index (χ3n) is 7.27. The standard InChI is InChI=1S/C27H34FN7O3/c1-20(36)30-18-22-17-24(31-38-22)21-5-6-25(23(28)16-21)33-12-14-35(15-13-33)27(37)19-32-8-10-34(11-9-32)26-4-2-3-7-29-26/h2-7,16,22H,8-15,17-19H2,1H3,(H,30,36). The van der Waals surface area contributed by atoms with Crippen molar-refractivity contribution in [2.45, 2.75) is 19.4 Å². The third-order valence-corrected chi connectivity index (χ3v) is 7.27. The van der Waals surface area contributed by atoms with Crippen molar-refractivity contribution in [1.82, 2.24) is 20.1 Å². The van der Waals surface area contributed by atoms with Gasteiger partial charge in [-0.25, -0.2) is 9.37 Å². The van der Waals surface area contributed by atoms with E-state index in [-0.39, 0.29) is 23.7 Å². The van der Waals surface area contributed by atoms with E-state index in [0.717, 1.165) is 32.0 Å². The van der Waals surface area contributed by atoms with E-state index < -0.39 is 0 Å². The third kappa shape index (κ3) is 6.21. The molecule has 3 aliphatic rings. The molecule has 2 aromatic rings. The van der Waals surface area contributed by atoms with Crippen LogP contribution < -0.4 is 15.1 Å². The van der Waals surface area contributed by atoms with Gasteiger partial charge in [-0.2, -0.15) is 0 Å². The Morgan fingerprint density at radius 3 is 2.47 bits per heavy atom. The van der Waals surface area contributed by atoms with Gasteiger partial charge in [0.25, 0.3) is 0 Å². The van der Waals surface area contributed by atoms with E-state index >= 15 is 4.39 Å². The van der Waals surface area contributed by atoms with Crippen LogP contribution in [0.5, 0.6) is 0 Å². The quantitative estimate of drug-likeness (QED) is 0.585. The highest BCUT2D eigenvalue weighted by molar-refractivity contribution is 6.01. The summed E-state index contributed by atoms with van der Waals surface area (Å²) in [6.07, 6.45) is 2.07. The lowest BCUT2D eigenvalue weighted by Crippen LogP contribution is -2.54. The summed E-state index contributed by atoms with van der Waals surface area (Å²) in [5, 5.41) is 6.79. The average molecular weight is 524 g/mol. The lowest BCUT2D eigenvalue weighted by atomic mass is 10.0. The van der Waals surface area contributed by atoms with Crippen molar-refractivity contribution in [1.29, 1.82) is 0 Å². The van der Waals surface area contributed by atoms with Crippen LogP contribution in [-0.4, -0.2) is 104 Å². The molecule has 10 nitrogen and oxygen atoms in total. The number of nitrogens with zero attached hydrogens (tertiary/aromatic N) is 6. The zero-order chi connectivity index (χ0) is 26.5. The minimum absolute atomic E-state index is 0.125. The molecule has 202 valence electrons. The minimum atomic E-state index is -0.318. The van der Waals surface area contributed by atoms with Crippen molar-refractivity contribution in [3.8, 4) is 0 Å². The highest BCUT2D eigenvalue weighted by Gasteiger charge is 2.27. The van der Waals surface area contributed by atoms with Gasteiger partial charge in [0.05, 0.1) is 24.5 Å². The molecule has 1 N–H and O–H groups in total. The maximum absolute atomic E-state index is 15.1. The van der Waals surface area contributed by atoms with E-state index in [9.17, 15) is 9.59 Å². The number of hydrogen-bond acceptors (Lipinski definition) is 8. The Morgan fingerprint density at radius 2 is 1.79 bits per heavy atom. The second-order valence-corrected chi connectivity index (χ2v) is 9.89. The number of benzene rings is 1. The highest BCUT2D eigenvalue weighted by atomic mass is 19.1. The van der Waals surface area contributed by atoms with E-state index in [1.807, 2.05) is 34.1 Å². The molecule has 0 aliphatic carbocycles. The Balaban J connectivity index is 1.08. The van der Waals surface area contributed by atoms with Crippen molar-refractivity contribution in [2.24, 2.45) is 5.16 Å². The highest BCUT2D eigenvalue weighted by Crippen LogP contribution is 2.25. The van der Waals surface area contributed by atoms with E-state index in [0.29, 0.717) is 62.7 Å². The van der Waals surface area contributed by atoms with E-state index in [1.165, 1.54) is 13.0 Å². The summed E-state index contributed by atoms with van der Waals surface area (Å²) in [6, 6.07) is 11.0. The first kappa shape index (κ1) is 25.9. The van der Waals surface area contributed by atoms with Gasteiger partial charge in [-0.1, -0.05) is 17.3 Å². The van der Waals surface area contributed by atoms with Gasteiger partial charge >= 0.3 is 0 Å². The van der Waals surface area contributed by atoms with Gasteiger partial charge in [0, 0.05) is 77.5 Å². The lowest BCUT2D eigenvalue weighted by Gasteiger charge is -2.39. The van der Waals surface area contributed by atoms with Crippen LogP contribution in [0.4, 0.5) is 15.9 Å². The summed E-state index contributed by atoms with van der Waals surface area (Å²) in [4.78, 5) is 42.1. The first-order chi connectivity index (χ1) is 18.5. The maximum atomic E-state index is 15.1.